The number of aromatic nitrogens is 2. The minimum absolute atomic E-state index is 0.0192. The molecule has 0 saturated carbocycles. The highest BCUT2D eigenvalue weighted by Crippen LogP contribution is 2.41. The highest BCUT2D eigenvalue weighted by molar-refractivity contribution is 8.00. The maximum Gasteiger partial charge on any atom is 0.358 e. The molecular weight excluding hydrogens is 608 g/mol. The Hall–Kier alpha value is -4.24. The lowest BCUT2D eigenvalue weighted by Crippen LogP contribution is -2.71. The van der Waals surface area contributed by atoms with Gasteiger partial charge in [0.1, 0.15) is 22.8 Å². The van der Waals surface area contributed by atoms with Crippen LogP contribution in [0.1, 0.15) is 57.7 Å². The number of esters is 2. The predicted molar refractivity (Wildman–Crippen MR) is 165 cm³/mol. The van der Waals surface area contributed by atoms with Gasteiger partial charge < -0.3 is 25.7 Å². The van der Waals surface area contributed by atoms with E-state index in [9.17, 15) is 24.4 Å². The fourth-order valence-corrected chi connectivity index (χ4v) is 6.68. The monoisotopic (exact) mass is 642 g/mol. The molecule has 4 heterocycles. The number of ether oxygens (including phenoxy) is 2. The Morgan fingerprint density at radius 3 is 2.61 bits per heavy atom. The third-order valence-electron chi connectivity index (χ3n) is 6.88. The normalized spacial score (nSPS) is 19.0. The van der Waals surface area contributed by atoms with Crippen LogP contribution in [0.25, 0.3) is 6.08 Å². The quantitative estimate of drug-likeness (QED) is 0.0727. The number of nitrogens with two attached hydrogens (primary N) is 1. The summed E-state index contributed by atoms with van der Waals surface area (Å²) in [5.74, 6) is -2.69. The van der Waals surface area contributed by atoms with Crippen LogP contribution in [-0.2, 0) is 28.7 Å². The minimum Gasteiger partial charge on any atom is -0.425 e. The molecule has 0 radical (unpaired) electrons. The number of anilines is 1. The first-order chi connectivity index (χ1) is 21.2. The van der Waals surface area contributed by atoms with Gasteiger partial charge in [0.2, 0.25) is 6.29 Å². The van der Waals surface area contributed by atoms with Crippen LogP contribution in [0, 0.1) is 5.92 Å². The summed E-state index contributed by atoms with van der Waals surface area (Å²) in [6.45, 7) is 5.42. The van der Waals surface area contributed by atoms with Gasteiger partial charge in [0.05, 0.1) is 5.92 Å². The first kappa shape index (κ1) is 32.7. The zero-order valence-electron chi connectivity index (χ0n) is 24.5. The third-order valence-corrected chi connectivity index (χ3v) is 8.86. The van der Waals surface area contributed by atoms with Crippen LogP contribution >= 0.6 is 23.1 Å². The van der Waals surface area contributed by atoms with Crippen LogP contribution in [0.15, 0.2) is 52.4 Å². The number of thiazole rings is 1. The summed E-state index contributed by atoms with van der Waals surface area (Å²) in [4.78, 5) is 61.9. The van der Waals surface area contributed by atoms with E-state index in [4.69, 9.17) is 15.2 Å². The number of hydrogen-bond acceptors (Lipinski definition) is 13. The summed E-state index contributed by atoms with van der Waals surface area (Å²) in [5, 5.41) is 16.0. The van der Waals surface area contributed by atoms with Gasteiger partial charge in [-0.25, -0.2) is 9.78 Å². The summed E-state index contributed by atoms with van der Waals surface area (Å²) in [7, 11) is 0. The summed E-state index contributed by atoms with van der Waals surface area (Å²) >= 11 is 2.39. The lowest BCUT2D eigenvalue weighted by Gasteiger charge is -2.49. The second kappa shape index (κ2) is 15.0. The molecule has 0 aromatic carbocycles. The van der Waals surface area contributed by atoms with Crippen molar-refractivity contribution in [3.8, 4) is 0 Å². The Bertz CT molecular complexity index is 1470. The van der Waals surface area contributed by atoms with E-state index in [0.29, 0.717) is 24.2 Å². The van der Waals surface area contributed by atoms with Crippen molar-refractivity contribution < 1.29 is 33.9 Å². The number of nitrogens with one attached hydrogen (secondary N) is 1. The van der Waals surface area contributed by atoms with Gasteiger partial charge in [-0.1, -0.05) is 50.1 Å². The molecule has 234 valence electrons. The molecule has 1 unspecified atom stereocenters. The molecule has 4 N–H and O–H groups in total. The van der Waals surface area contributed by atoms with Crippen LogP contribution in [-0.4, -0.2) is 73.0 Å². The van der Waals surface area contributed by atoms with E-state index in [1.54, 1.807) is 30.6 Å². The van der Waals surface area contributed by atoms with Crippen LogP contribution in [0.5, 0.6) is 0 Å². The number of pyridine rings is 1. The van der Waals surface area contributed by atoms with Crippen molar-refractivity contribution in [3.05, 3.63) is 58.5 Å². The van der Waals surface area contributed by atoms with E-state index in [1.807, 2.05) is 19.9 Å². The van der Waals surface area contributed by atoms with Crippen molar-refractivity contribution in [1.29, 1.82) is 0 Å². The topological polar surface area (TPSA) is 186 Å². The minimum atomic E-state index is -1.20. The SMILES string of the molecule is CCCC(CCC)C(=O)OC(C)OC(=O)C1=C(/C=C\c2cccnc2)CS[C@@H]2[C@H](NC(=O)C(=NO)c3csc(N)n3)C(=O)N12. The molecule has 13 nitrogen and oxygen atoms in total. The number of hydrogen-bond donors (Lipinski definition) is 3. The molecule has 0 bridgehead atoms. The van der Waals surface area contributed by atoms with Crippen molar-refractivity contribution in [1.82, 2.24) is 20.2 Å². The number of rotatable bonds is 13. The van der Waals surface area contributed by atoms with Crippen molar-refractivity contribution in [2.24, 2.45) is 11.1 Å². The molecule has 0 spiro atoms. The molecular formula is C29H34N6O7S2. The summed E-state index contributed by atoms with van der Waals surface area (Å²) in [6.07, 6.45) is 8.49. The van der Waals surface area contributed by atoms with Crippen molar-refractivity contribution in [2.75, 3.05) is 11.5 Å². The van der Waals surface area contributed by atoms with Crippen LogP contribution in [0.2, 0.25) is 0 Å². The van der Waals surface area contributed by atoms with E-state index in [2.05, 4.69) is 20.4 Å². The Morgan fingerprint density at radius 2 is 2.00 bits per heavy atom. The lowest BCUT2D eigenvalue weighted by atomic mass is 9.99. The summed E-state index contributed by atoms with van der Waals surface area (Å²) < 4.78 is 11.0. The Kier molecular flexibility index (Phi) is 11.1. The Labute approximate surface area is 262 Å². The van der Waals surface area contributed by atoms with Crippen LogP contribution in [0.3, 0.4) is 0 Å². The number of amides is 2. The van der Waals surface area contributed by atoms with Gasteiger partial charge in [-0.3, -0.25) is 24.3 Å². The molecule has 2 aliphatic rings. The van der Waals surface area contributed by atoms with E-state index >= 15 is 0 Å². The predicted octanol–water partition coefficient (Wildman–Crippen LogP) is 3.31. The highest BCUT2D eigenvalue weighted by Gasteiger charge is 2.54. The number of carbonyl (C=O) groups excluding carboxylic acids is 4. The van der Waals surface area contributed by atoms with E-state index in [0.717, 1.165) is 29.7 Å². The Balaban J connectivity index is 1.54. The number of nitrogens with zero attached hydrogens (tertiary/aromatic N) is 4. The molecule has 2 aromatic rings. The zero-order valence-corrected chi connectivity index (χ0v) is 26.1. The largest absolute Gasteiger partial charge is 0.425 e. The first-order valence-corrected chi connectivity index (χ1v) is 16.0. The van der Waals surface area contributed by atoms with Gasteiger partial charge in [0.25, 0.3) is 11.8 Å². The van der Waals surface area contributed by atoms with E-state index < -0.39 is 47.2 Å². The number of nitrogen functional groups attached to an aromatic ring is 1. The van der Waals surface area contributed by atoms with Crippen molar-refractivity contribution in [3.63, 3.8) is 0 Å². The van der Waals surface area contributed by atoms with Crippen LogP contribution in [0.4, 0.5) is 5.13 Å². The molecule has 1 saturated heterocycles. The van der Waals surface area contributed by atoms with Gasteiger partial charge in [-0.05, 0) is 30.0 Å². The van der Waals surface area contributed by atoms with E-state index in [1.165, 1.54) is 29.0 Å². The van der Waals surface area contributed by atoms with Gasteiger partial charge >= 0.3 is 11.9 Å². The standard InChI is InChI=1S/C29H34N6O7S2/c1-4-7-18(8-5-2)27(38)41-16(3)42-28(39)23-19(11-10-17-9-6-12-31-13-17)14-43-26-22(25(37)35(23)26)33-24(36)21(34-40)20-15-44-29(30)32-20/h6,9-13,15-16,18,22,26,40H,4-5,7-8,14H2,1-3H3,(H2,30,32)(H,33,36)/b11-10-,34-21?/t16?,22-,26-/m1/s1. The summed E-state index contributed by atoms with van der Waals surface area (Å²) in [5.41, 5.74) is 6.54. The van der Waals surface area contributed by atoms with Gasteiger partial charge in [0, 0.05) is 30.5 Å². The number of fused-ring (bicyclic) bond motifs is 1. The summed E-state index contributed by atoms with van der Waals surface area (Å²) in [6, 6.07) is 2.58. The van der Waals surface area contributed by atoms with Gasteiger partial charge in [0.15, 0.2) is 10.8 Å². The van der Waals surface area contributed by atoms with Crippen molar-refractivity contribution in [2.45, 2.75) is 64.2 Å². The molecule has 2 aromatic heterocycles. The number of β-lactam (4-membered cyclic amide) rings is 1. The first-order valence-electron chi connectivity index (χ1n) is 14.1. The third kappa shape index (κ3) is 7.45. The average Bonchev–Trinajstić information content (AvgIpc) is 3.44. The fraction of sp³-hybridized carbons (Fsp3) is 0.414. The van der Waals surface area contributed by atoms with Gasteiger partial charge in [-0.2, -0.15) is 0 Å². The maximum atomic E-state index is 13.6. The molecule has 0 aliphatic carbocycles. The number of carbonyl (C=O) groups is 4. The molecule has 2 amide bonds. The fourth-order valence-electron chi connectivity index (χ4n) is 4.82. The Morgan fingerprint density at radius 1 is 1.25 bits per heavy atom. The van der Waals surface area contributed by atoms with E-state index in [-0.39, 0.29) is 22.4 Å². The molecule has 4 rings (SSSR count). The second-order valence-electron chi connectivity index (χ2n) is 10.1. The molecule has 1 fully saturated rings. The van der Waals surface area contributed by atoms with Crippen molar-refractivity contribution >= 4 is 63.8 Å². The lowest BCUT2D eigenvalue weighted by molar-refractivity contribution is -0.187. The smallest absolute Gasteiger partial charge is 0.358 e. The molecule has 2 aliphatic heterocycles. The highest BCUT2D eigenvalue weighted by atomic mass is 32.2. The number of thioether (sulfide) groups is 1. The van der Waals surface area contributed by atoms with Crippen LogP contribution < -0.4 is 11.1 Å². The molecule has 15 heteroatoms. The van der Waals surface area contributed by atoms with Gasteiger partial charge in [-0.15, -0.1) is 23.1 Å². The zero-order chi connectivity index (χ0) is 31.8. The number of allylic oxidation sites excluding steroid dienone is 1. The second-order valence-corrected chi connectivity index (χ2v) is 12.1. The molecule has 44 heavy (non-hydrogen) atoms. The molecule has 3 atom stereocenters. The maximum absolute atomic E-state index is 13.6. The number of oxime groups is 1. The average molecular weight is 643 g/mol.